The van der Waals surface area contributed by atoms with Gasteiger partial charge in [-0.3, -0.25) is 4.90 Å². The SMILES string of the molecule is CCCNC(CCO)CN1CCOC(C)C1. The van der Waals surface area contributed by atoms with Gasteiger partial charge in [-0.15, -0.1) is 0 Å². The van der Waals surface area contributed by atoms with Crippen LogP contribution >= 0.6 is 0 Å². The third-order valence-electron chi connectivity index (χ3n) is 2.96. The van der Waals surface area contributed by atoms with E-state index in [1.165, 1.54) is 0 Å². The van der Waals surface area contributed by atoms with Gasteiger partial charge in [-0.05, 0) is 26.3 Å². The lowest BCUT2D eigenvalue weighted by Gasteiger charge is -2.34. The molecule has 2 atom stereocenters. The number of nitrogens with zero attached hydrogens (tertiary/aromatic N) is 1. The van der Waals surface area contributed by atoms with Crippen molar-refractivity contribution in [2.24, 2.45) is 0 Å². The highest BCUT2D eigenvalue weighted by Crippen LogP contribution is 2.06. The molecule has 4 nitrogen and oxygen atoms in total. The van der Waals surface area contributed by atoms with Crippen molar-refractivity contribution in [3.05, 3.63) is 0 Å². The maximum Gasteiger partial charge on any atom is 0.0674 e. The fraction of sp³-hybridized carbons (Fsp3) is 1.00. The summed E-state index contributed by atoms with van der Waals surface area (Å²) in [6.07, 6.45) is 2.32. The van der Waals surface area contributed by atoms with Crippen LogP contribution in [0.25, 0.3) is 0 Å². The number of ether oxygens (including phenoxy) is 1. The molecule has 0 aromatic carbocycles. The van der Waals surface area contributed by atoms with Crippen LogP contribution in [-0.4, -0.2) is 61.5 Å². The van der Waals surface area contributed by atoms with Crippen LogP contribution < -0.4 is 5.32 Å². The van der Waals surface area contributed by atoms with E-state index in [0.717, 1.165) is 45.6 Å². The lowest BCUT2D eigenvalue weighted by atomic mass is 10.1. The Balaban J connectivity index is 2.28. The van der Waals surface area contributed by atoms with Crippen molar-refractivity contribution < 1.29 is 9.84 Å². The summed E-state index contributed by atoms with van der Waals surface area (Å²) >= 11 is 0. The van der Waals surface area contributed by atoms with E-state index in [9.17, 15) is 0 Å². The summed E-state index contributed by atoms with van der Waals surface area (Å²) in [4.78, 5) is 2.43. The maximum absolute atomic E-state index is 9.03. The van der Waals surface area contributed by atoms with Gasteiger partial charge in [0.25, 0.3) is 0 Å². The van der Waals surface area contributed by atoms with Crippen LogP contribution in [0.2, 0.25) is 0 Å². The topological polar surface area (TPSA) is 44.7 Å². The molecule has 1 aliphatic rings. The zero-order valence-electron chi connectivity index (χ0n) is 10.6. The predicted molar refractivity (Wildman–Crippen MR) is 65.6 cm³/mol. The highest BCUT2D eigenvalue weighted by atomic mass is 16.5. The first-order valence-electron chi connectivity index (χ1n) is 6.44. The molecule has 1 saturated heterocycles. The van der Waals surface area contributed by atoms with Crippen molar-refractivity contribution in [1.82, 2.24) is 10.2 Å². The van der Waals surface area contributed by atoms with E-state index in [1.54, 1.807) is 0 Å². The second-order valence-electron chi connectivity index (χ2n) is 4.60. The summed E-state index contributed by atoms with van der Waals surface area (Å²) in [5.41, 5.74) is 0. The first kappa shape index (κ1) is 13.9. The van der Waals surface area contributed by atoms with Crippen molar-refractivity contribution in [2.75, 3.05) is 39.4 Å². The lowest BCUT2D eigenvalue weighted by Crippen LogP contribution is -2.48. The Labute approximate surface area is 99.0 Å². The highest BCUT2D eigenvalue weighted by Gasteiger charge is 2.19. The molecule has 0 saturated carbocycles. The minimum Gasteiger partial charge on any atom is -0.396 e. The Kier molecular flexibility index (Phi) is 6.96. The molecule has 96 valence electrons. The lowest BCUT2D eigenvalue weighted by molar-refractivity contribution is -0.0216. The van der Waals surface area contributed by atoms with Crippen LogP contribution in [0.5, 0.6) is 0 Å². The summed E-state index contributed by atoms with van der Waals surface area (Å²) in [5.74, 6) is 0. The molecule has 1 rings (SSSR count). The second kappa shape index (κ2) is 8.01. The van der Waals surface area contributed by atoms with Gasteiger partial charge in [-0.1, -0.05) is 6.92 Å². The van der Waals surface area contributed by atoms with Crippen LogP contribution in [0.15, 0.2) is 0 Å². The van der Waals surface area contributed by atoms with Crippen molar-refractivity contribution >= 4 is 0 Å². The first-order chi connectivity index (χ1) is 7.76. The molecule has 2 N–H and O–H groups in total. The summed E-state index contributed by atoms with van der Waals surface area (Å²) in [6.45, 7) is 9.46. The Morgan fingerprint density at radius 2 is 2.38 bits per heavy atom. The number of rotatable bonds is 7. The molecular weight excluding hydrogens is 204 g/mol. The average Bonchev–Trinajstić information content (AvgIpc) is 2.26. The van der Waals surface area contributed by atoms with Gasteiger partial charge in [0, 0.05) is 32.3 Å². The van der Waals surface area contributed by atoms with Gasteiger partial charge in [0.15, 0.2) is 0 Å². The fourth-order valence-electron chi connectivity index (χ4n) is 2.13. The van der Waals surface area contributed by atoms with Crippen LogP contribution in [0.4, 0.5) is 0 Å². The molecule has 0 bridgehead atoms. The number of nitrogens with one attached hydrogen (secondary N) is 1. The smallest absolute Gasteiger partial charge is 0.0674 e. The van der Waals surface area contributed by atoms with E-state index < -0.39 is 0 Å². The number of hydrogen-bond donors (Lipinski definition) is 2. The Hall–Kier alpha value is -0.160. The van der Waals surface area contributed by atoms with Crippen LogP contribution in [0.3, 0.4) is 0 Å². The monoisotopic (exact) mass is 230 g/mol. The van der Waals surface area contributed by atoms with Crippen molar-refractivity contribution in [1.29, 1.82) is 0 Å². The van der Waals surface area contributed by atoms with E-state index >= 15 is 0 Å². The molecule has 2 unspecified atom stereocenters. The molecule has 16 heavy (non-hydrogen) atoms. The minimum atomic E-state index is 0.265. The van der Waals surface area contributed by atoms with E-state index in [-0.39, 0.29) is 6.61 Å². The molecular formula is C12H26N2O2. The van der Waals surface area contributed by atoms with E-state index in [1.807, 2.05) is 0 Å². The van der Waals surface area contributed by atoms with Crippen molar-refractivity contribution in [3.63, 3.8) is 0 Å². The Morgan fingerprint density at radius 3 is 3.00 bits per heavy atom. The quantitative estimate of drug-likeness (QED) is 0.667. The third-order valence-corrected chi connectivity index (χ3v) is 2.96. The molecule has 0 spiro atoms. The van der Waals surface area contributed by atoms with Gasteiger partial charge in [0.1, 0.15) is 0 Å². The first-order valence-corrected chi connectivity index (χ1v) is 6.44. The Bertz CT molecular complexity index is 178. The van der Waals surface area contributed by atoms with Gasteiger partial charge in [0.2, 0.25) is 0 Å². The largest absolute Gasteiger partial charge is 0.396 e. The molecule has 0 radical (unpaired) electrons. The molecule has 4 heteroatoms. The van der Waals surface area contributed by atoms with Gasteiger partial charge in [0.05, 0.1) is 12.7 Å². The van der Waals surface area contributed by atoms with Crippen LogP contribution in [0.1, 0.15) is 26.7 Å². The molecule has 0 aromatic rings. The van der Waals surface area contributed by atoms with E-state index in [2.05, 4.69) is 24.1 Å². The molecule has 1 aliphatic heterocycles. The zero-order valence-corrected chi connectivity index (χ0v) is 10.6. The number of hydrogen-bond acceptors (Lipinski definition) is 4. The molecule has 1 heterocycles. The number of morpholine rings is 1. The number of aliphatic hydroxyl groups excluding tert-OH is 1. The molecule has 1 fully saturated rings. The minimum absolute atomic E-state index is 0.265. The third kappa shape index (κ3) is 5.25. The highest BCUT2D eigenvalue weighted by molar-refractivity contribution is 4.75. The summed E-state index contributed by atoms with van der Waals surface area (Å²) in [7, 11) is 0. The van der Waals surface area contributed by atoms with Gasteiger partial charge in [-0.25, -0.2) is 0 Å². The predicted octanol–water partition coefficient (Wildman–Crippen LogP) is 0.458. The van der Waals surface area contributed by atoms with Crippen molar-refractivity contribution in [2.45, 2.75) is 38.8 Å². The van der Waals surface area contributed by atoms with Gasteiger partial charge >= 0.3 is 0 Å². The second-order valence-corrected chi connectivity index (χ2v) is 4.60. The van der Waals surface area contributed by atoms with Crippen LogP contribution in [-0.2, 0) is 4.74 Å². The Morgan fingerprint density at radius 1 is 1.56 bits per heavy atom. The van der Waals surface area contributed by atoms with Crippen molar-refractivity contribution in [3.8, 4) is 0 Å². The number of aliphatic hydroxyl groups is 1. The average molecular weight is 230 g/mol. The van der Waals surface area contributed by atoms with E-state index in [0.29, 0.717) is 12.1 Å². The van der Waals surface area contributed by atoms with Gasteiger partial charge < -0.3 is 15.2 Å². The zero-order chi connectivity index (χ0) is 11.8. The molecule has 0 aliphatic carbocycles. The maximum atomic E-state index is 9.03. The summed E-state index contributed by atoms with van der Waals surface area (Å²) in [5, 5.41) is 12.5. The van der Waals surface area contributed by atoms with Gasteiger partial charge in [-0.2, -0.15) is 0 Å². The fourth-order valence-corrected chi connectivity index (χ4v) is 2.13. The summed E-state index contributed by atoms with van der Waals surface area (Å²) in [6, 6.07) is 0.412. The van der Waals surface area contributed by atoms with E-state index in [4.69, 9.17) is 9.84 Å². The molecule has 0 aromatic heterocycles. The normalized spacial score (nSPS) is 24.6. The molecule has 0 amide bonds. The van der Waals surface area contributed by atoms with Crippen LogP contribution in [0, 0.1) is 0 Å². The summed E-state index contributed by atoms with van der Waals surface area (Å²) < 4.78 is 5.52. The standard InChI is InChI=1S/C12H26N2O2/c1-3-5-13-12(4-7-15)10-14-6-8-16-11(2)9-14/h11-13,15H,3-10H2,1-2H3.